The van der Waals surface area contributed by atoms with E-state index in [4.69, 9.17) is 0 Å². The molecule has 3 fully saturated rings. The van der Waals surface area contributed by atoms with E-state index in [1.165, 1.54) is 71.4 Å². The number of hydrogen-bond acceptors (Lipinski definition) is 3. The minimum absolute atomic E-state index is 0.872. The molecule has 1 heterocycles. The first-order chi connectivity index (χ1) is 8.83. The fourth-order valence-electron chi connectivity index (χ4n) is 3.82. The van der Waals surface area contributed by atoms with Gasteiger partial charge in [-0.05, 0) is 51.2 Å². The average Bonchev–Trinajstić information content (AvgIpc) is 3.16. The molecule has 3 rings (SSSR count). The smallest absolute Gasteiger partial charge is 0.0110 e. The molecule has 1 saturated heterocycles. The minimum atomic E-state index is 0.872. The summed E-state index contributed by atoms with van der Waals surface area (Å²) >= 11 is 0. The Balaban J connectivity index is 1.26. The lowest BCUT2D eigenvalue weighted by atomic mass is 9.95. The molecule has 1 N–H and O–H groups in total. The molecule has 3 aliphatic rings. The summed E-state index contributed by atoms with van der Waals surface area (Å²) in [6.07, 6.45) is 7.28. The molecule has 0 radical (unpaired) electrons. The summed E-state index contributed by atoms with van der Waals surface area (Å²) in [4.78, 5) is 5.06. The van der Waals surface area contributed by atoms with Crippen LogP contribution < -0.4 is 5.32 Å². The molecule has 3 nitrogen and oxygen atoms in total. The second kappa shape index (κ2) is 5.89. The maximum absolute atomic E-state index is 3.82. The van der Waals surface area contributed by atoms with Crippen LogP contribution >= 0.6 is 0 Å². The third kappa shape index (κ3) is 3.25. The molecule has 3 atom stereocenters. The van der Waals surface area contributed by atoms with Crippen molar-refractivity contribution in [1.82, 2.24) is 15.1 Å². The van der Waals surface area contributed by atoms with E-state index in [1.54, 1.807) is 0 Å². The van der Waals surface area contributed by atoms with E-state index >= 15 is 0 Å². The first-order valence-electron chi connectivity index (χ1n) is 7.97. The summed E-state index contributed by atoms with van der Waals surface area (Å²) in [6, 6.07) is 0.872. The van der Waals surface area contributed by atoms with Crippen LogP contribution in [0.15, 0.2) is 0 Å². The van der Waals surface area contributed by atoms with Crippen LogP contribution in [-0.4, -0.2) is 62.2 Å². The Labute approximate surface area is 112 Å². The molecule has 0 aromatic heterocycles. The maximum Gasteiger partial charge on any atom is 0.0110 e. The highest BCUT2D eigenvalue weighted by molar-refractivity contribution is 4.98. The zero-order valence-corrected chi connectivity index (χ0v) is 11.9. The van der Waals surface area contributed by atoms with Gasteiger partial charge in [-0.25, -0.2) is 0 Å². The van der Waals surface area contributed by atoms with Gasteiger partial charge in [-0.15, -0.1) is 0 Å². The molecule has 1 aliphatic heterocycles. The number of nitrogens with zero attached hydrogens (tertiary/aromatic N) is 2. The van der Waals surface area contributed by atoms with Crippen molar-refractivity contribution in [2.75, 3.05) is 46.3 Å². The van der Waals surface area contributed by atoms with Gasteiger partial charge in [0.1, 0.15) is 0 Å². The Morgan fingerprint density at radius 2 is 1.94 bits per heavy atom. The molecule has 0 bridgehead atoms. The number of hydrogen-bond donors (Lipinski definition) is 1. The number of nitrogens with one attached hydrogen (secondary N) is 1. The van der Waals surface area contributed by atoms with E-state index in [9.17, 15) is 0 Å². The third-order valence-electron chi connectivity index (χ3n) is 5.24. The van der Waals surface area contributed by atoms with Gasteiger partial charge in [-0.3, -0.25) is 0 Å². The van der Waals surface area contributed by atoms with E-state index < -0.39 is 0 Å². The van der Waals surface area contributed by atoms with Gasteiger partial charge >= 0.3 is 0 Å². The molecule has 0 amide bonds. The van der Waals surface area contributed by atoms with Gasteiger partial charge in [0, 0.05) is 32.2 Å². The molecule has 2 aliphatic carbocycles. The molecule has 0 aromatic carbocycles. The van der Waals surface area contributed by atoms with Crippen molar-refractivity contribution < 1.29 is 0 Å². The summed E-state index contributed by atoms with van der Waals surface area (Å²) in [6.45, 7) is 7.57. The van der Waals surface area contributed by atoms with Gasteiger partial charge in [0.05, 0.1) is 0 Å². The van der Waals surface area contributed by atoms with Crippen molar-refractivity contribution in [2.45, 2.75) is 38.1 Å². The van der Waals surface area contributed by atoms with Crippen LogP contribution in [0.4, 0.5) is 0 Å². The van der Waals surface area contributed by atoms with Gasteiger partial charge in [0.2, 0.25) is 0 Å². The summed E-state index contributed by atoms with van der Waals surface area (Å²) in [7, 11) is 2.23. The van der Waals surface area contributed by atoms with E-state index in [2.05, 4.69) is 22.2 Å². The molecule has 104 valence electrons. The van der Waals surface area contributed by atoms with E-state index in [0.717, 1.165) is 17.9 Å². The lowest BCUT2D eigenvalue weighted by Crippen LogP contribution is -2.45. The zero-order valence-electron chi connectivity index (χ0n) is 11.9. The minimum Gasteiger partial charge on any atom is -0.314 e. The Morgan fingerprint density at radius 3 is 2.78 bits per heavy atom. The zero-order chi connectivity index (χ0) is 12.4. The Hall–Kier alpha value is -0.120. The Morgan fingerprint density at radius 1 is 1.11 bits per heavy atom. The fourth-order valence-corrected chi connectivity index (χ4v) is 3.82. The number of likely N-dealkylation sites (N-methyl/N-ethyl adjacent to an activating group) is 1. The standard InChI is InChI=1S/C15H29N3/c1-17-8-10-18(11-9-17)7-3-6-16-15-5-2-4-13-12-14(13)15/h13-16H,2-12H2,1H3/t13-,14+,15?/m0/s1. The van der Waals surface area contributed by atoms with Crippen LogP contribution in [0.1, 0.15) is 32.1 Å². The molecule has 3 heteroatoms. The van der Waals surface area contributed by atoms with Crippen LogP contribution in [0, 0.1) is 11.8 Å². The third-order valence-corrected chi connectivity index (χ3v) is 5.24. The summed E-state index contributed by atoms with van der Waals surface area (Å²) in [5, 5.41) is 3.82. The van der Waals surface area contributed by atoms with Crippen LogP contribution in [0.5, 0.6) is 0 Å². The van der Waals surface area contributed by atoms with Crippen LogP contribution in [0.2, 0.25) is 0 Å². The lowest BCUT2D eigenvalue weighted by Gasteiger charge is -2.32. The van der Waals surface area contributed by atoms with Crippen molar-refractivity contribution in [3.63, 3.8) is 0 Å². The van der Waals surface area contributed by atoms with Crippen molar-refractivity contribution in [3.8, 4) is 0 Å². The van der Waals surface area contributed by atoms with Crippen molar-refractivity contribution in [1.29, 1.82) is 0 Å². The van der Waals surface area contributed by atoms with E-state index in [1.807, 2.05) is 0 Å². The van der Waals surface area contributed by atoms with Gasteiger partial charge in [-0.2, -0.15) is 0 Å². The molecule has 2 saturated carbocycles. The predicted octanol–water partition coefficient (Wildman–Crippen LogP) is 1.40. The van der Waals surface area contributed by atoms with E-state index in [0.29, 0.717) is 0 Å². The Kier molecular flexibility index (Phi) is 4.22. The average molecular weight is 251 g/mol. The number of rotatable bonds is 5. The SMILES string of the molecule is CN1CCN(CCCNC2CCC[C@H]3C[C@@H]23)CC1. The predicted molar refractivity (Wildman–Crippen MR) is 75.8 cm³/mol. The van der Waals surface area contributed by atoms with Crippen LogP contribution in [0.3, 0.4) is 0 Å². The van der Waals surface area contributed by atoms with Crippen LogP contribution in [0.25, 0.3) is 0 Å². The normalized spacial score (nSPS) is 37.5. The number of fused-ring (bicyclic) bond motifs is 1. The maximum atomic E-state index is 3.82. The molecule has 0 spiro atoms. The topological polar surface area (TPSA) is 18.5 Å². The fraction of sp³-hybridized carbons (Fsp3) is 1.00. The molecular weight excluding hydrogens is 222 g/mol. The van der Waals surface area contributed by atoms with Gasteiger partial charge in [0.25, 0.3) is 0 Å². The van der Waals surface area contributed by atoms with Gasteiger partial charge in [0.15, 0.2) is 0 Å². The second-order valence-corrected chi connectivity index (χ2v) is 6.65. The van der Waals surface area contributed by atoms with Crippen molar-refractivity contribution in [2.24, 2.45) is 11.8 Å². The molecular formula is C15H29N3. The van der Waals surface area contributed by atoms with Crippen molar-refractivity contribution in [3.05, 3.63) is 0 Å². The highest BCUT2D eigenvalue weighted by Crippen LogP contribution is 2.49. The first kappa shape index (κ1) is 12.9. The number of piperazine rings is 1. The van der Waals surface area contributed by atoms with Gasteiger partial charge in [-0.1, -0.05) is 12.8 Å². The van der Waals surface area contributed by atoms with E-state index in [-0.39, 0.29) is 0 Å². The summed E-state index contributed by atoms with van der Waals surface area (Å²) in [5.41, 5.74) is 0. The van der Waals surface area contributed by atoms with Gasteiger partial charge < -0.3 is 15.1 Å². The second-order valence-electron chi connectivity index (χ2n) is 6.65. The summed E-state index contributed by atoms with van der Waals surface area (Å²) < 4.78 is 0. The highest BCUT2D eigenvalue weighted by atomic mass is 15.2. The lowest BCUT2D eigenvalue weighted by molar-refractivity contribution is 0.152. The molecule has 1 unspecified atom stereocenters. The van der Waals surface area contributed by atoms with Crippen LogP contribution in [-0.2, 0) is 0 Å². The first-order valence-corrected chi connectivity index (χ1v) is 7.97. The quantitative estimate of drug-likeness (QED) is 0.745. The molecule has 18 heavy (non-hydrogen) atoms. The monoisotopic (exact) mass is 251 g/mol. The summed E-state index contributed by atoms with van der Waals surface area (Å²) in [5.74, 6) is 2.16. The highest BCUT2D eigenvalue weighted by Gasteiger charge is 2.44. The molecule has 0 aromatic rings. The Bertz CT molecular complexity index is 260. The largest absolute Gasteiger partial charge is 0.314 e. The van der Waals surface area contributed by atoms with Crippen molar-refractivity contribution >= 4 is 0 Å².